The largest absolute Gasteiger partial charge is 0.481 e. The Labute approximate surface area is 68.5 Å². The Balaban J connectivity index is 2.16. The van der Waals surface area contributed by atoms with Crippen LogP contribution in [0.3, 0.4) is 0 Å². The summed E-state index contributed by atoms with van der Waals surface area (Å²) >= 11 is 0. The molecule has 4 heteroatoms. The summed E-state index contributed by atoms with van der Waals surface area (Å²) in [7, 11) is 0. The summed E-state index contributed by atoms with van der Waals surface area (Å²) in [6.45, 7) is 0.0459. The topological polar surface area (TPSA) is 52.6 Å². The summed E-state index contributed by atoms with van der Waals surface area (Å²) in [6, 6.07) is 0. The lowest BCUT2D eigenvalue weighted by atomic mass is 10.3. The fourth-order valence-electron chi connectivity index (χ4n) is 1.05. The van der Waals surface area contributed by atoms with Crippen molar-refractivity contribution in [3.63, 3.8) is 0 Å². The molecule has 0 aliphatic carbocycles. The second-order valence-corrected chi connectivity index (χ2v) is 2.51. The smallest absolute Gasteiger partial charge is 0.315 e. The Morgan fingerprint density at radius 3 is 2.58 bits per heavy atom. The lowest BCUT2D eigenvalue weighted by molar-refractivity contribution is -0.136. The van der Waals surface area contributed by atoms with Crippen molar-refractivity contribution in [3.05, 3.63) is 23.7 Å². The third-order valence-electron chi connectivity index (χ3n) is 1.58. The summed E-state index contributed by atoms with van der Waals surface area (Å²) in [6.07, 6.45) is 3.20. The quantitative estimate of drug-likeness (QED) is 0.526. The first-order valence-corrected chi connectivity index (χ1v) is 3.54. The number of hydrogen-bond donors (Lipinski definition) is 0. The second kappa shape index (κ2) is 2.48. The van der Waals surface area contributed by atoms with Crippen LogP contribution in [0.25, 0.3) is 0 Å². The van der Waals surface area contributed by atoms with Crippen LogP contribution in [-0.2, 0) is 19.1 Å². The molecule has 0 unspecified atom stereocenters. The molecular weight excluding hydrogens is 160 g/mol. The average Bonchev–Trinajstić information content (AvgIpc) is 2.58. The number of hydrogen-bond acceptors (Lipinski definition) is 4. The van der Waals surface area contributed by atoms with Crippen LogP contribution < -0.4 is 0 Å². The summed E-state index contributed by atoms with van der Waals surface area (Å²) in [5.74, 6) is 0.319. The van der Waals surface area contributed by atoms with Gasteiger partial charge in [-0.1, -0.05) is 0 Å². The molecule has 0 atom stereocenters. The fraction of sp³-hybridized carbons (Fsp3) is 0.250. The van der Waals surface area contributed by atoms with Crippen LogP contribution in [0.2, 0.25) is 0 Å². The molecule has 0 aromatic heterocycles. The summed E-state index contributed by atoms with van der Waals surface area (Å²) < 4.78 is 9.73. The molecule has 0 spiro atoms. The lowest BCUT2D eigenvalue weighted by Gasteiger charge is -2.01. The van der Waals surface area contributed by atoms with Crippen molar-refractivity contribution < 1.29 is 19.1 Å². The molecule has 0 bridgehead atoms. The number of rotatable bonds is 1. The monoisotopic (exact) mass is 166 g/mol. The minimum absolute atomic E-state index is 0.0459. The number of carbonyl (C=O) groups is 2. The minimum atomic E-state index is -0.311. The van der Waals surface area contributed by atoms with E-state index in [0.29, 0.717) is 11.5 Å². The summed E-state index contributed by atoms with van der Waals surface area (Å²) in [5.41, 5.74) is 0. The number of esters is 1. The Bertz CT molecular complexity index is 311. The molecule has 4 nitrogen and oxygen atoms in total. The molecule has 62 valence electrons. The molecule has 0 N–H and O–H groups in total. The van der Waals surface area contributed by atoms with Crippen LogP contribution in [-0.4, -0.2) is 18.4 Å². The van der Waals surface area contributed by atoms with E-state index >= 15 is 0 Å². The maximum atomic E-state index is 10.7. The van der Waals surface area contributed by atoms with E-state index in [1.54, 1.807) is 6.08 Å². The molecule has 0 aromatic carbocycles. The lowest BCUT2D eigenvalue weighted by Crippen LogP contribution is -1.97. The van der Waals surface area contributed by atoms with Crippen LogP contribution in [0.1, 0.15) is 6.42 Å². The first-order valence-electron chi connectivity index (χ1n) is 3.54. The van der Waals surface area contributed by atoms with E-state index in [9.17, 15) is 9.59 Å². The summed E-state index contributed by atoms with van der Waals surface area (Å²) in [5, 5.41) is 0. The standard InChI is InChI=1S/C8H6O4/c9-5-3-7(11-4-5)6-1-2-8(10)12-6/h1,3H,2,4H2. The van der Waals surface area contributed by atoms with Crippen LogP contribution in [0, 0.1) is 0 Å². The van der Waals surface area contributed by atoms with Gasteiger partial charge in [0, 0.05) is 6.08 Å². The molecule has 0 radical (unpaired) electrons. The van der Waals surface area contributed by atoms with Crippen LogP contribution in [0.4, 0.5) is 0 Å². The van der Waals surface area contributed by atoms with Gasteiger partial charge < -0.3 is 9.47 Å². The first kappa shape index (κ1) is 7.09. The van der Waals surface area contributed by atoms with E-state index in [0.717, 1.165) is 0 Å². The highest BCUT2D eigenvalue weighted by Crippen LogP contribution is 2.22. The van der Waals surface area contributed by atoms with Gasteiger partial charge in [0.25, 0.3) is 0 Å². The molecule has 2 aliphatic rings. The number of ether oxygens (including phenoxy) is 2. The van der Waals surface area contributed by atoms with Gasteiger partial charge in [0.05, 0.1) is 6.42 Å². The highest BCUT2D eigenvalue weighted by molar-refractivity contribution is 5.94. The van der Waals surface area contributed by atoms with Crippen molar-refractivity contribution in [2.45, 2.75) is 6.42 Å². The van der Waals surface area contributed by atoms with Gasteiger partial charge in [-0.25, -0.2) is 0 Å². The Morgan fingerprint density at radius 1 is 1.25 bits per heavy atom. The number of carbonyl (C=O) groups excluding carboxylic acids is 2. The van der Waals surface area contributed by atoms with Crippen molar-refractivity contribution in [3.8, 4) is 0 Å². The number of ketones is 1. The van der Waals surface area contributed by atoms with Gasteiger partial charge in [-0.3, -0.25) is 9.59 Å². The third kappa shape index (κ3) is 1.11. The van der Waals surface area contributed by atoms with E-state index in [4.69, 9.17) is 9.47 Å². The normalized spacial score (nSPS) is 21.7. The van der Waals surface area contributed by atoms with Crippen molar-refractivity contribution in [2.24, 2.45) is 0 Å². The van der Waals surface area contributed by atoms with Crippen LogP contribution in [0.5, 0.6) is 0 Å². The van der Waals surface area contributed by atoms with E-state index in [2.05, 4.69) is 0 Å². The molecule has 0 saturated heterocycles. The summed E-state index contributed by atoms with van der Waals surface area (Å²) in [4.78, 5) is 21.4. The predicted molar refractivity (Wildman–Crippen MR) is 37.8 cm³/mol. The zero-order chi connectivity index (χ0) is 8.55. The van der Waals surface area contributed by atoms with Gasteiger partial charge in [0.1, 0.15) is 0 Å². The maximum absolute atomic E-state index is 10.7. The van der Waals surface area contributed by atoms with Crippen LogP contribution >= 0.6 is 0 Å². The minimum Gasteiger partial charge on any atom is -0.481 e. The van der Waals surface area contributed by atoms with Gasteiger partial charge >= 0.3 is 5.97 Å². The van der Waals surface area contributed by atoms with Gasteiger partial charge in [-0.2, -0.15) is 0 Å². The molecule has 12 heavy (non-hydrogen) atoms. The molecule has 2 rings (SSSR count). The third-order valence-corrected chi connectivity index (χ3v) is 1.58. The number of cyclic esters (lactones) is 1. The Morgan fingerprint density at radius 2 is 2.08 bits per heavy atom. The Hall–Kier alpha value is -1.58. The average molecular weight is 166 g/mol. The maximum Gasteiger partial charge on any atom is 0.315 e. The van der Waals surface area contributed by atoms with E-state index in [-0.39, 0.29) is 24.8 Å². The zero-order valence-electron chi connectivity index (χ0n) is 6.20. The molecule has 2 aliphatic heterocycles. The van der Waals surface area contributed by atoms with Gasteiger partial charge in [0.15, 0.2) is 23.9 Å². The van der Waals surface area contributed by atoms with Gasteiger partial charge in [-0.15, -0.1) is 0 Å². The van der Waals surface area contributed by atoms with Crippen molar-refractivity contribution >= 4 is 11.8 Å². The second-order valence-electron chi connectivity index (χ2n) is 2.51. The molecular formula is C8H6O4. The van der Waals surface area contributed by atoms with Crippen molar-refractivity contribution in [1.29, 1.82) is 0 Å². The van der Waals surface area contributed by atoms with Gasteiger partial charge in [0.2, 0.25) is 0 Å². The molecule has 0 fully saturated rings. The van der Waals surface area contributed by atoms with Crippen molar-refractivity contribution in [1.82, 2.24) is 0 Å². The first-order chi connectivity index (χ1) is 5.75. The van der Waals surface area contributed by atoms with E-state index in [1.165, 1.54) is 6.08 Å². The fourth-order valence-corrected chi connectivity index (χ4v) is 1.05. The van der Waals surface area contributed by atoms with Crippen LogP contribution in [0.15, 0.2) is 23.7 Å². The highest BCUT2D eigenvalue weighted by atomic mass is 16.6. The molecule has 0 aromatic rings. The van der Waals surface area contributed by atoms with Crippen molar-refractivity contribution in [2.75, 3.05) is 6.61 Å². The zero-order valence-corrected chi connectivity index (χ0v) is 6.20. The van der Waals surface area contributed by atoms with E-state index < -0.39 is 0 Å². The predicted octanol–water partition coefficient (Wildman–Crippen LogP) is 0.300. The molecule has 2 heterocycles. The highest BCUT2D eigenvalue weighted by Gasteiger charge is 2.23. The SMILES string of the molecule is O=C1C=C(C2=CCC(=O)O2)OC1. The van der Waals surface area contributed by atoms with E-state index in [1.807, 2.05) is 0 Å². The Kier molecular flexibility index (Phi) is 1.46. The molecule has 0 saturated carbocycles. The molecule has 0 amide bonds. The van der Waals surface area contributed by atoms with Gasteiger partial charge in [-0.05, 0) is 6.08 Å².